The third-order valence-electron chi connectivity index (χ3n) is 5.21. The molecule has 0 spiro atoms. The van der Waals surface area contributed by atoms with Crippen LogP contribution in [0.15, 0.2) is 30.5 Å². The van der Waals surface area contributed by atoms with E-state index in [4.69, 9.17) is 11.6 Å². The predicted octanol–water partition coefficient (Wildman–Crippen LogP) is 4.13. The van der Waals surface area contributed by atoms with Crippen LogP contribution >= 0.6 is 23.4 Å². The van der Waals surface area contributed by atoms with Crippen molar-refractivity contribution in [2.24, 2.45) is 0 Å². The van der Waals surface area contributed by atoms with Crippen LogP contribution in [0.5, 0.6) is 0 Å². The highest BCUT2D eigenvalue weighted by molar-refractivity contribution is 7.99. The maximum atomic E-state index is 6.08. The highest BCUT2D eigenvalue weighted by Crippen LogP contribution is 2.29. The number of piperidine rings is 1. The predicted molar refractivity (Wildman–Crippen MR) is 101 cm³/mol. The molecule has 2 aliphatic rings. The highest BCUT2D eigenvalue weighted by atomic mass is 35.5. The fourth-order valence-electron chi connectivity index (χ4n) is 3.80. The van der Waals surface area contributed by atoms with Gasteiger partial charge < -0.3 is 4.90 Å². The van der Waals surface area contributed by atoms with Crippen LogP contribution in [0, 0.1) is 0 Å². The topological polar surface area (TPSA) is 34.0 Å². The molecule has 0 amide bonds. The number of likely N-dealkylation sites (tertiary alicyclic amines) is 1. The molecule has 0 aliphatic carbocycles. The fourth-order valence-corrected chi connectivity index (χ4v) is 5.07. The quantitative estimate of drug-likeness (QED) is 0.822. The largest absolute Gasteiger partial charge is 0.300 e. The zero-order chi connectivity index (χ0) is 16.4. The van der Waals surface area contributed by atoms with Gasteiger partial charge in [-0.2, -0.15) is 11.8 Å². The Morgan fingerprint density at radius 3 is 2.58 bits per heavy atom. The lowest BCUT2D eigenvalue weighted by Gasteiger charge is -2.39. The average Bonchev–Trinajstić information content (AvgIpc) is 3.13. The summed E-state index contributed by atoms with van der Waals surface area (Å²) in [7, 11) is 0. The number of hydrogen-bond donors (Lipinski definition) is 0. The van der Waals surface area contributed by atoms with E-state index in [1.54, 1.807) is 0 Å². The van der Waals surface area contributed by atoms with Crippen LogP contribution in [0.25, 0.3) is 11.3 Å². The van der Waals surface area contributed by atoms with E-state index >= 15 is 0 Å². The summed E-state index contributed by atoms with van der Waals surface area (Å²) >= 11 is 8.18. The van der Waals surface area contributed by atoms with Crippen LogP contribution in [0.1, 0.15) is 31.7 Å². The van der Waals surface area contributed by atoms with E-state index in [0.29, 0.717) is 6.04 Å². The number of halogens is 1. The summed E-state index contributed by atoms with van der Waals surface area (Å²) in [4.78, 5) is 2.70. The molecule has 2 saturated heterocycles. The molecule has 6 heteroatoms. The van der Waals surface area contributed by atoms with Crippen LogP contribution < -0.4 is 0 Å². The molecule has 0 radical (unpaired) electrons. The molecule has 0 saturated carbocycles. The summed E-state index contributed by atoms with van der Waals surface area (Å²) in [6.45, 7) is 2.37. The number of rotatable bonds is 3. The van der Waals surface area contributed by atoms with Crippen molar-refractivity contribution >= 4 is 23.4 Å². The van der Waals surface area contributed by atoms with Crippen molar-refractivity contribution in [3.8, 4) is 11.3 Å². The van der Waals surface area contributed by atoms with Crippen molar-refractivity contribution in [2.45, 2.75) is 37.8 Å². The molecule has 0 bridgehead atoms. The molecule has 2 aliphatic heterocycles. The van der Waals surface area contributed by atoms with Crippen molar-refractivity contribution < 1.29 is 0 Å². The molecule has 24 heavy (non-hydrogen) atoms. The van der Waals surface area contributed by atoms with Gasteiger partial charge in [0.2, 0.25) is 0 Å². The van der Waals surface area contributed by atoms with Crippen LogP contribution in [-0.4, -0.2) is 50.5 Å². The molecule has 2 fully saturated rings. The first-order valence-corrected chi connectivity index (χ1v) is 10.3. The Morgan fingerprint density at radius 2 is 1.83 bits per heavy atom. The van der Waals surface area contributed by atoms with E-state index in [1.807, 2.05) is 24.3 Å². The van der Waals surface area contributed by atoms with Gasteiger partial charge in [0, 0.05) is 29.7 Å². The number of benzene rings is 1. The number of thioether (sulfide) groups is 1. The Morgan fingerprint density at radius 1 is 1.04 bits per heavy atom. The average molecular weight is 363 g/mol. The van der Waals surface area contributed by atoms with E-state index in [-0.39, 0.29) is 0 Å². The number of aromatic nitrogens is 3. The third-order valence-corrected chi connectivity index (χ3v) is 6.49. The van der Waals surface area contributed by atoms with Crippen LogP contribution in [0.3, 0.4) is 0 Å². The van der Waals surface area contributed by atoms with Gasteiger partial charge in [-0.1, -0.05) is 28.9 Å². The minimum absolute atomic E-state index is 0.472. The van der Waals surface area contributed by atoms with Crippen LogP contribution in [0.4, 0.5) is 0 Å². The first-order chi connectivity index (χ1) is 11.8. The lowest BCUT2D eigenvalue weighted by atomic mass is 10.0. The SMILES string of the molecule is Clc1cccc(-c2cn(C3CCN(C4CCSCC4)CC3)nn2)c1. The van der Waals surface area contributed by atoms with E-state index < -0.39 is 0 Å². The summed E-state index contributed by atoms with van der Waals surface area (Å²) in [5.41, 5.74) is 1.94. The smallest absolute Gasteiger partial charge is 0.113 e. The van der Waals surface area contributed by atoms with E-state index in [1.165, 1.54) is 50.3 Å². The fraction of sp³-hybridized carbons (Fsp3) is 0.556. The van der Waals surface area contributed by atoms with E-state index in [9.17, 15) is 0 Å². The number of nitrogens with zero attached hydrogens (tertiary/aromatic N) is 4. The third kappa shape index (κ3) is 3.63. The van der Waals surface area contributed by atoms with Gasteiger partial charge in [0.25, 0.3) is 0 Å². The normalized spacial score (nSPS) is 21.2. The summed E-state index contributed by atoms with van der Waals surface area (Å²) in [6, 6.07) is 9.10. The molecule has 4 rings (SSSR count). The summed E-state index contributed by atoms with van der Waals surface area (Å²) in [5.74, 6) is 2.66. The van der Waals surface area contributed by atoms with Crippen molar-refractivity contribution in [3.63, 3.8) is 0 Å². The van der Waals surface area contributed by atoms with Crippen molar-refractivity contribution in [1.29, 1.82) is 0 Å². The Bertz CT molecular complexity index is 675. The van der Waals surface area contributed by atoms with Gasteiger partial charge in [0.15, 0.2) is 0 Å². The molecular formula is C18H23ClN4S. The Hall–Kier alpha value is -1.04. The lowest BCUT2D eigenvalue weighted by molar-refractivity contribution is 0.123. The molecular weight excluding hydrogens is 340 g/mol. The zero-order valence-corrected chi connectivity index (χ0v) is 15.3. The highest BCUT2D eigenvalue weighted by Gasteiger charge is 2.27. The van der Waals surface area contributed by atoms with E-state index in [0.717, 1.165) is 22.3 Å². The molecule has 128 valence electrons. The summed E-state index contributed by atoms with van der Waals surface area (Å²) in [6.07, 6.45) is 7.13. The molecule has 3 heterocycles. The first kappa shape index (κ1) is 16.4. The molecule has 0 unspecified atom stereocenters. The first-order valence-electron chi connectivity index (χ1n) is 8.79. The van der Waals surface area contributed by atoms with Gasteiger partial charge in [-0.15, -0.1) is 5.10 Å². The zero-order valence-electron chi connectivity index (χ0n) is 13.8. The summed E-state index contributed by atoms with van der Waals surface area (Å²) in [5, 5.41) is 9.47. The van der Waals surface area contributed by atoms with Gasteiger partial charge in [0.1, 0.15) is 5.69 Å². The Balaban J connectivity index is 1.39. The Kier molecular flexibility index (Phi) is 5.11. The molecule has 0 atom stereocenters. The molecule has 0 N–H and O–H groups in total. The minimum atomic E-state index is 0.472. The van der Waals surface area contributed by atoms with Crippen molar-refractivity contribution in [1.82, 2.24) is 19.9 Å². The van der Waals surface area contributed by atoms with Crippen molar-refractivity contribution in [3.05, 3.63) is 35.5 Å². The van der Waals surface area contributed by atoms with Gasteiger partial charge >= 0.3 is 0 Å². The maximum absolute atomic E-state index is 6.08. The maximum Gasteiger partial charge on any atom is 0.113 e. The second kappa shape index (κ2) is 7.46. The second-order valence-electron chi connectivity index (χ2n) is 6.70. The van der Waals surface area contributed by atoms with Crippen LogP contribution in [-0.2, 0) is 0 Å². The standard InChI is InChI=1S/C18H23ClN4S/c19-15-3-1-2-14(12-15)18-13-23(21-20-18)17-4-8-22(9-5-17)16-6-10-24-11-7-16/h1-3,12-13,16-17H,4-11H2. The number of hydrogen-bond acceptors (Lipinski definition) is 4. The molecule has 2 aromatic rings. The lowest BCUT2D eigenvalue weighted by Crippen LogP contribution is -2.43. The van der Waals surface area contributed by atoms with Gasteiger partial charge in [-0.3, -0.25) is 0 Å². The molecule has 4 nitrogen and oxygen atoms in total. The Labute approximate surface area is 152 Å². The summed E-state index contributed by atoms with van der Waals surface area (Å²) < 4.78 is 2.06. The van der Waals surface area contributed by atoms with Gasteiger partial charge in [-0.25, -0.2) is 4.68 Å². The molecule has 1 aromatic heterocycles. The van der Waals surface area contributed by atoms with Gasteiger partial charge in [0.05, 0.1) is 12.2 Å². The van der Waals surface area contributed by atoms with Crippen molar-refractivity contribution in [2.75, 3.05) is 24.6 Å². The minimum Gasteiger partial charge on any atom is -0.300 e. The van der Waals surface area contributed by atoms with Gasteiger partial charge in [-0.05, 0) is 49.3 Å². The second-order valence-corrected chi connectivity index (χ2v) is 8.37. The van der Waals surface area contributed by atoms with E-state index in [2.05, 4.69) is 37.9 Å². The molecule has 1 aromatic carbocycles. The van der Waals surface area contributed by atoms with Crippen LogP contribution in [0.2, 0.25) is 5.02 Å². The monoisotopic (exact) mass is 362 g/mol.